The summed E-state index contributed by atoms with van der Waals surface area (Å²) in [5.41, 5.74) is 6.33. The number of hydrogen-bond acceptors (Lipinski definition) is 7. The molecule has 1 aromatic rings. The maximum atomic E-state index is 13.1. The molecule has 1 aromatic heterocycles. The smallest absolute Gasteiger partial charge is 0.240 e. The summed E-state index contributed by atoms with van der Waals surface area (Å²) in [4.78, 5) is 14.0. The first-order valence-electron chi connectivity index (χ1n) is 8.29. The third-order valence-corrected chi connectivity index (χ3v) is 7.57. The normalized spacial score (nSPS) is 21.9. The highest BCUT2D eigenvalue weighted by molar-refractivity contribution is 7.91. The maximum Gasteiger partial charge on any atom is 0.240 e. The van der Waals surface area contributed by atoms with Crippen LogP contribution in [0, 0.1) is 6.92 Å². The Bertz CT molecular complexity index is 723. The molecule has 2 aliphatic heterocycles. The van der Waals surface area contributed by atoms with Crippen molar-refractivity contribution in [1.29, 1.82) is 0 Å². The third-order valence-electron chi connectivity index (χ3n) is 4.93. The van der Waals surface area contributed by atoms with Crippen molar-refractivity contribution in [2.45, 2.75) is 24.5 Å². The summed E-state index contributed by atoms with van der Waals surface area (Å²) in [6, 6.07) is 3.74. The van der Waals surface area contributed by atoms with Crippen LogP contribution in [0.2, 0.25) is 0 Å². The molecule has 9 nitrogen and oxygen atoms in total. The molecular formula is C15H23N5O4S. The number of ether oxygens (including phenoxy) is 1. The van der Waals surface area contributed by atoms with Crippen molar-refractivity contribution in [3.8, 4) is 0 Å². The molecule has 2 fully saturated rings. The first-order valence-corrected chi connectivity index (χ1v) is 9.73. The van der Waals surface area contributed by atoms with Crippen LogP contribution < -0.4 is 10.6 Å². The molecule has 0 unspecified atom stereocenters. The Balaban J connectivity index is 1.74. The highest BCUT2D eigenvalue weighted by Gasteiger charge is 2.53. The van der Waals surface area contributed by atoms with Crippen molar-refractivity contribution in [1.82, 2.24) is 14.5 Å². The summed E-state index contributed by atoms with van der Waals surface area (Å²) < 4.78 is 31.3. The van der Waals surface area contributed by atoms with Gasteiger partial charge in [-0.05, 0) is 19.1 Å². The minimum absolute atomic E-state index is 0.105. The maximum absolute atomic E-state index is 13.1. The lowest BCUT2D eigenvalue weighted by Gasteiger charge is -2.41. The van der Waals surface area contributed by atoms with Crippen molar-refractivity contribution in [2.24, 2.45) is 5.73 Å². The molecule has 0 aliphatic carbocycles. The predicted molar refractivity (Wildman–Crippen MR) is 91.5 cm³/mol. The number of amides is 1. The fourth-order valence-corrected chi connectivity index (χ4v) is 5.37. The van der Waals surface area contributed by atoms with Gasteiger partial charge in [0.15, 0.2) is 10.6 Å². The van der Waals surface area contributed by atoms with Gasteiger partial charge in [0.25, 0.3) is 0 Å². The van der Waals surface area contributed by atoms with Gasteiger partial charge in [0.2, 0.25) is 15.9 Å². The Morgan fingerprint density at radius 3 is 2.32 bits per heavy atom. The van der Waals surface area contributed by atoms with E-state index in [1.54, 1.807) is 0 Å². The molecule has 3 rings (SSSR count). The van der Waals surface area contributed by atoms with Crippen LogP contribution in [-0.2, 0) is 19.6 Å². The van der Waals surface area contributed by atoms with E-state index in [0.717, 1.165) is 11.5 Å². The van der Waals surface area contributed by atoms with Crippen LogP contribution in [0.1, 0.15) is 18.5 Å². The summed E-state index contributed by atoms with van der Waals surface area (Å²) in [5, 5.41) is 8.17. The number of rotatable bonds is 4. The quantitative estimate of drug-likeness (QED) is 0.743. The number of hydrogen-bond donors (Lipinski definition) is 1. The monoisotopic (exact) mass is 369 g/mol. The molecule has 0 atom stereocenters. The number of aryl methyl sites for hydroxylation is 1. The van der Waals surface area contributed by atoms with Gasteiger partial charge in [-0.25, -0.2) is 8.42 Å². The minimum atomic E-state index is -3.84. The molecule has 138 valence electrons. The van der Waals surface area contributed by atoms with Gasteiger partial charge in [-0.1, -0.05) is 0 Å². The fraction of sp³-hybridized carbons (Fsp3) is 0.667. The van der Waals surface area contributed by atoms with Crippen LogP contribution in [0.5, 0.6) is 0 Å². The minimum Gasteiger partial charge on any atom is -0.381 e. The lowest BCUT2D eigenvalue weighted by Crippen LogP contribution is -2.61. The van der Waals surface area contributed by atoms with E-state index in [1.807, 2.05) is 24.0 Å². The summed E-state index contributed by atoms with van der Waals surface area (Å²) >= 11 is 0. The average molecular weight is 369 g/mol. The van der Waals surface area contributed by atoms with Gasteiger partial charge in [0, 0.05) is 52.2 Å². The molecule has 0 radical (unpaired) electrons. The van der Waals surface area contributed by atoms with E-state index >= 15 is 0 Å². The van der Waals surface area contributed by atoms with Gasteiger partial charge in [-0.2, -0.15) is 9.40 Å². The number of primary amides is 1. The number of carbonyl (C=O) groups is 1. The molecule has 0 spiro atoms. The summed E-state index contributed by atoms with van der Waals surface area (Å²) in [7, 11) is -3.84. The van der Waals surface area contributed by atoms with E-state index < -0.39 is 20.7 Å². The number of aromatic nitrogens is 2. The third kappa shape index (κ3) is 3.21. The van der Waals surface area contributed by atoms with Gasteiger partial charge in [0.1, 0.15) is 0 Å². The predicted octanol–water partition coefficient (Wildman–Crippen LogP) is -0.729. The van der Waals surface area contributed by atoms with Crippen LogP contribution in [0.25, 0.3) is 0 Å². The summed E-state index contributed by atoms with van der Waals surface area (Å²) in [6.45, 7) is 3.85. The van der Waals surface area contributed by atoms with Crippen LogP contribution >= 0.6 is 0 Å². The van der Waals surface area contributed by atoms with Gasteiger partial charge in [0.05, 0.1) is 5.69 Å². The Kier molecular flexibility index (Phi) is 4.94. The molecule has 1 amide bonds. The average Bonchev–Trinajstić information content (AvgIpc) is 2.63. The number of nitrogens with zero attached hydrogens (tertiary/aromatic N) is 4. The zero-order valence-corrected chi connectivity index (χ0v) is 15.0. The number of anilines is 1. The molecule has 2 N–H and O–H groups in total. The highest BCUT2D eigenvalue weighted by atomic mass is 32.2. The number of sulfonamides is 1. The van der Waals surface area contributed by atoms with E-state index in [2.05, 4.69) is 10.2 Å². The largest absolute Gasteiger partial charge is 0.381 e. The highest BCUT2D eigenvalue weighted by Crippen LogP contribution is 2.33. The zero-order valence-electron chi connectivity index (χ0n) is 14.2. The fourth-order valence-electron chi connectivity index (χ4n) is 3.30. The van der Waals surface area contributed by atoms with Crippen LogP contribution in [-0.4, -0.2) is 73.0 Å². The van der Waals surface area contributed by atoms with Crippen molar-refractivity contribution in [3.63, 3.8) is 0 Å². The molecule has 0 bridgehead atoms. The SMILES string of the molecule is Cc1ccc(N2CCN(S(=O)(=O)C3(C(N)=O)CCOCC3)CC2)nn1. The second-order valence-corrected chi connectivity index (χ2v) is 8.64. The second-order valence-electron chi connectivity index (χ2n) is 6.39. The van der Waals surface area contributed by atoms with E-state index in [9.17, 15) is 13.2 Å². The van der Waals surface area contributed by atoms with Crippen LogP contribution in [0.3, 0.4) is 0 Å². The van der Waals surface area contributed by atoms with Crippen molar-refractivity contribution in [3.05, 3.63) is 17.8 Å². The van der Waals surface area contributed by atoms with Crippen molar-refractivity contribution in [2.75, 3.05) is 44.3 Å². The Hall–Kier alpha value is -1.78. The molecule has 2 aliphatic rings. The summed E-state index contributed by atoms with van der Waals surface area (Å²) in [6.07, 6.45) is 0.211. The lowest BCUT2D eigenvalue weighted by atomic mass is 9.98. The van der Waals surface area contributed by atoms with Gasteiger partial charge >= 0.3 is 0 Å². The molecule has 2 saturated heterocycles. The second kappa shape index (κ2) is 6.85. The van der Waals surface area contributed by atoms with E-state index in [0.29, 0.717) is 13.1 Å². The standard InChI is InChI=1S/C15H23N5O4S/c1-12-2-3-13(18-17-12)19-6-8-20(9-7-19)25(22,23)15(14(16)21)4-10-24-11-5-15/h2-3H,4-11H2,1H3,(H2,16,21). The molecule has 3 heterocycles. The van der Waals surface area contributed by atoms with E-state index in [-0.39, 0.29) is 39.1 Å². The first-order chi connectivity index (χ1) is 11.9. The van der Waals surface area contributed by atoms with E-state index in [1.165, 1.54) is 4.31 Å². The molecule has 0 saturated carbocycles. The molecular weight excluding hydrogens is 346 g/mol. The van der Waals surface area contributed by atoms with Crippen molar-refractivity contribution < 1.29 is 17.9 Å². The van der Waals surface area contributed by atoms with Gasteiger partial charge in [-0.15, -0.1) is 5.10 Å². The molecule has 10 heteroatoms. The molecule has 0 aromatic carbocycles. The number of piperazine rings is 1. The topological polar surface area (TPSA) is 119 Å². The zero-order chi connectivity index (χ0) is 18.1. The van der Waals surface area contributed by atoms with Crippen LogP contribution in [0.4, 0.5) is 5.82 Å². The van der Waals surface area contributed by atoms with Crippen molar-refractivity contribution >= 4 is 21.7 Å². The van der Waals surface area contributed by atoms with Gasteiger partial charge in [-0.3, -0.25) is 4.79 Å². The van der Waals surface area contributed by atoms with Gasteiger partial charge < -0.3 is 15.4 Å². The Labute approximate surface area is 147 Å². The summed E-state index contributed by atoms with van der Waals surface area (Å²) in [5.74, 6) is -0.0686. The first kappa shape index (κ1) is 18.0. The van der Waals surface area contributed by atoms with Crippen LogP contribution in [0.15, 0.2) is 12.1 Å². The number of nitrogens with two attached hydrogens (primary N) is 1. The molecule has 25 heavy (non-hydrogen) atoms. The number of carbonyl (C=O) groups excluding carboxylic acids is 1. The Morgan fingerprint density at radius 2 is 1.80 bits per heavy atom. The van der Waals surface area contributed by atoms with E-state index in [4.69, 9.17) is 10.5 Å². The Morgan fingerprint density at radius 1 is 1.16 bits per heavy atom. The lowest BCUT2D eigenvalue weighted by molar-refractivity contribution is -0.123.